The van der Waals surface area contributed by atoms with E-state index in [0.717, 1.165) is 0 Å². The number of aliphatic hydroxyl groups excluding tert-OH is 1. The fourth-order valence-corrected chi connectivity index (χ4v) is 4.49. The fourth-order valence-electron chi connectivity index (χ4n) is 3.64. The van der Waals surface area contributed by atoms with Gasteiger partial charge in [0.05, 0.1) is 29.0 Å². The summed E-state index contributed by atoms with van der Waals surface area (Å²) in [6.07, 6.45) is -0.619. The fraction of sp³-hybridized carbons (Fsp3) is 0.500. The second kappa shape index (κ2) is 7.84. The van der Waals surface area contributed by atoms with Gasteiger partial charge in [0.2, 0.25) is 18.6 Å². The Bertz CT molecular complexity index is 941. The maximum absolute atomic E-state index is 12.8. The number of hydrogen-bond acceptors (Lipinski definition) is 8. The largest absolute Gasteiger partial charge is 0.427 e. The first kappa shape index (κ1) is 22.0. The van der Waals surface area contributed by atoms with Crippen molar-refractivity contribution in [2.45, 2.75) is 46.3 Å². The zero-order chi connectivity index (χ0) is 22.4. The number of nitrogens with two attached hydrogens (primary N) is 1. The van der Waals surface area contributed by atoms with E-state index in [4.69, 9.17) is 15.2 Å². The van der Waals surface area contributed by atoms with E-state index in [2.05, 4.69) is 0 Å². The molecule has 0 aromatic carbocycles. The van der Waals surface area contributed by atoms with E-state index >= 15 is 0 Å². The molecule has 10 heteroatoms. The van der Waals surface area contributed by atoms with Gasteiger partial charge in [0.25, 0.3) is 0 Å². The Morgan fingerprint density at radius 3 is 2.53 bits per heavy atom. The van der Waals surface area contributed by atoms with Crippen LogP contribution in [-0.2, 0) is 23.9 Å². The normalized spacial score (nSPS) is 21.8. The van der Waals surface area contributed by atoms with Crippen LogP contribution in [0.25, 0.3) is 5.57 Å². The number of rotatable bonds is 6. The topological polar surface area (TPSA) is 136 Å². The highest BCUT2D eigenvalue weighted by atomic mass is 32.1. The van der Waals surface area contributed by atoms with Crippen LogP contribution in [0, 0.1) is 11.3 Å². The molecule has 30 heavy (non-hydrogen) atoms. The molecule has 3 N–H and O–H groups in total. The molecule has 9 nitrogen and oxygen atoms in total. The van der Waals surface area contributed by atoms with Crippen LogP contribution in [0.15, 0.2) is 16.5 Å². The predicted octanol–water partition coefficient (Wildman–Crippen LogP) is 1.26. The van der Waals surface area contributed by atoms with Gasteiger partial charge < -0.3 is 25.2 Å². The van der Waals surface area contributed by atoms with Gasteiger partial charge in [-0.2, -0.15) is 11.3 Å². The molecule has 0 bridgehead atoms. The zero-order valence-electron chi connectivity index (χ0n) is 17.1. The number of amides is 2. The molecule has 1 aromatic rings. The molecule has 162 valence electrons. The molecule has 3 rings (SSSR count). The van der Waals surface area contributed by atoms with Crippen LogP contribution in [-0.4, -0.2) is 52.7 Å². The maximum atomic E-state index is 12.8. The first-order valence-corrected chi connectivity index (χ1v) is 10.3. The van der Waals surface area contributed by atoms with Gasteiger partial charge in [0.1, 0.15) is 5.70 Å². The lowest BCUT2D eigenvalue weighted by molar-refractivity contribution is -0.175. The van der Waals surface area contributed by atoms with E-state index in [1.54, 1.807) is 31.5 Å². The number of fused-ring (bicyclic) bond motifs is 1. The summed E-state index contributed by atoms with van der Waals surface area (Å²) in [5.74, 6) is -3.11. The van der Waals surface area contributed by atoms with Crippen LogP contribution < -0.4 is 5.73 Å². The van der Waals surface area contributed by atoms with Crippen molar-refractivity contribution in [2.24, 2.45) is 17.1 Å². The highest BCUT2D eigenvalue weighted by molar-refractivity contribution is 7.08. The Kier molecular flexibility index (Phi) is 5.74. The minimum Gasteiger partial charge on any atom is -0.427 e. The van der Waals surface area contributed by atoms with Crippen molar-refractivity contribution >= 4 is 40.7 Å². The smallest absolute Gasteiger partial charge is 0.358 e. The lowest BCUT2D eigenvalue weighted by atomic mass is 9.82. The summed E-state index contributed by atoms with van der Waals surface area (Å²) in [7, 11) is 0. The van der Waals surface area contributed by atoms with E-state index in [1.165, 1.54) is 23.2 Å². The number of carbonyl (C=O) groups excluding carboxylic acids is 4. The molecule has 3 unspecified atom stereocenters. The van der Waals surface area contributed by atoms with Crippen molar-refractivity contribution in [3.63, 3.8) is 0 Å². The minimum atomic E-state index is -0.888. The lowest BCUT2D eigenvalue weighted by Gasteiger charge is -2.44. The van der Waals surface area contributed by atoms with Crippen molar-refractivity contribution in [3.8, 4) is 0 Å². The molecule has 0 spiro atoms. The molecule has 0 aliphatic carbocycles. The van der Waals surface area contributed by atoms with Gasteiger partial charge in [-0.3, -0.25) is 14.4 Å². The van der Waals surface area contributed by atoms with Gasteiger partial charge in [0.15, 0.2) is 0 Å². The summed E-state index contributed by atoms with van der Waals surface area (Å²) in [5.41, 5.74) is 5.80. The molecule has 2 amide bonds. The number of carbonyl (C=O) groups is 4. The average Bonchev–Trinajstić information content (AvgIpc) is 3.22. The van der Waals surface area contributed by atoms with Gasteiger partial charge >= 0.3 is 11.9 Å². The molecule has 3 atom stereocenters. The third-order valence-electron chi connectivity index (χ3n) is 5.17. The summed E-state index contributed by atoms with van der Waals surface area (Å²) in [6, 6.07) is -0.423. The molecule has 3 heterocycles. The summed E-state index contributed by atoms with van der Waals surface area (Å²) < 4.78 is 10.1. The number of aliphatic hydroxyl groups is 1. The van der Waals surface area contributed by atoms with Crippen LogP contribution in [0.3, 0.4) is 0 Å². The molecule has 0 radical (unpaired) electrons. The molecule has 2 aliphatic rings. The third kappa shape index (κ3) is 3.72. The van der Waals surface area contributed by atoms with Gasteiger partial charge in [0, 0.05) is 10.9 Å². The van der Waals surface area contributed by atoms with Crippen LogP contribution in [0.4, 0.5) is 0 Å². The first-order chi connectivity index (χ1) is 13.9. The van der Waals surface area contributed by atoms with Crippen molar-refractivity contribution in [2.75, 3.05) is 6.79 Å². The molecular weight excluding hydrogens is 412 g/mol. The molecule has 0 saturated carbocycles. The van der Waals surface area contributed by atoms with Crippen molar-refractivity contribution in [3.05, 3.63) is 27.6 Å². The van der Waals surface area contributed by atoms with Crippen molar-refractivity contribution in [1.82, 2.24) is 4.90 Å². The highest BCUT2D eigenvalue weighted by Gasteiger charge is 2.57. The van der Waals surface area contributed by atoms with Crippen molar-refractivity contribution in [1.29, 1.82) is 0 Å². The Balaban J connectivity index is 1.89. The van der Waals surface area contributed by atoms with E-state index in [0.29, 0.717) is 11.1 Å². The Morgan fingerprint density at radius 2 is 1.97 bits per heavy atom. The predicted molar refractivity (Wildman–Crippen MR) is 107 cm³/mol. The number of β-lactam (4-membered cyclic amide) rings is 1. The number of nitrogens with zero attached hydrogens (tertiary/aromatic N) is 1. The summed E-state index contributed by atoms with van der Waals surface area (Å²) in [6.45, 7) is 5.90. The Hall–Kier alpha value is -2.72. The molecule has 1 saturated heterocycles. The second-order valence-electron chi connectivity index (χ2n) is 8.37. The molecular formula is C20H24N2O7S. The third-order valence-corrected chi connectivity index (χ3v) is 5.91. The molecule has 2 aliphatic heterocycles. The van der Waals surface area contributed by atoms with Crippen LogP contribution in [0.5, 0.6) is 0 Å². The first-order valence-electron chi connectivity index (χ1n) is 9.40. The van der Waals surface area contributed by atoms with Gasteiger partial charge in [-0.15, -0.1) is 0 Å². The number of esters is 2. The van der Waals surface area contributed by atoms with E-state index in [9.17, 15) is 24.3 Å². The summed E-state index contributed by atoms with van der Waals surface area (Å²) >= 11 is 1.24. The van der Waals surface area contributed by atoms with E-state index < -0.39 is 54.0 Å². The van der Waals surface area contributed by atoms with Gasteiger partial charge in [-0.05, 0) is 45.1 Å². The summed E-state index contributed by atoms with van der Waals surface area (Å²) in [5, 5.41) is 13.2. The lowest BCUT2D eigenvalue weighted by Crippen LogP contribution is -2.61. The van der Waals surface area contributed by atoms with E-state index in [1.807, 2.05) is 0 Å². The van der Waals surface area contributed by atoms with Crippen LogP contribution in [0.1, 0.15) is 50.0 Å². The van der Waals surface area contributed by atoms with Crippen LogP contribution in [0.2, 0.25) is 0 Å². The molecule has 1 aromatic heterocycles. The minimum absolute atomic E-state index is 0.0189. The van der Waals surface area contributed by atoms with Crippen molar-refractivity contribution < 1.29 is 33.8 Å². The van der Waals surface area contributed by atoms with Crippen LogP contribution >= 0.6 is 11.3 Å². The number of primary amides is 1. The maximum Gasteiger partial charge on any atom is 0.358 e. The number of hydrogen-bond donors (Lipinski definition) is 2. The average molecular weight is 436 g/mol. The SMILES string of the molecule is CC(O)C1C(=O)N2C(C(=O)OCOC(=O)C(C)(C)C)=C(c3cscc3C(N)=O)CC12. The van der Waals surface area contributed by atoms with E-state index in [-0.39, 0.29) is 17.7 Å². The van der Waals surface area contributed by atoms with Gasteiger partial charge in [-0.1, -0.05) is 0 Å². The molecule has 1 fully saturated rings. The van der Waals surface area contributed by atoms with Gasteiger partial charge in [-0.25, -0.2) is 4.79 Å². The Morgan fingerprint density at radius 1 is 1.30 bits per heavy atom. The monoisotopic (exact) mass is 436 g/mol. The standard InChI is InChI=1S/C20H24N2O7S/c1-9(23)14-13-5-10(11-6-30-7-12(11)16(21)24)15(22(13)17(14)25)18(26)28-8-29-19(27)20(2,3)4/h6-7,9,13-14,23H,5,8H2,1-4H3,(H2,21,24). The quantitative estimate of drug-likeness (QED) is 0.389. The number of ether oxygens (including phenoxy) is 2. The zero-order valence-corrected chi connectivity index (χ0v) is 17.9. The highest BCUT2D eigenvalue weighted by Crippen LogP contribution is 2.48. The Labute approximate surface area is 177 Å². The number of thiophene rings is 1. The second-order valence-corrected chi connectivity index (χ2v) is 9.11. The summed E-state index contributed by atoms with van der Waals surface area (Å²) in [4.78, 5) is 50.4.